The predicted molar refractivity (Wildman–Crippen MR) is 106 cm³/mol. The summed E-state index contributed by atoms with van der Waals surface area (Å²) in [5, 5.41) is 7.05. The van der Waals surface area contributed by atoms with Crippen LogP contribution in [-0.2, 0) is 12.8 Å². The van der Waals surface area contributed by atoms with E-state index in [1.165, 1.54) is 0 Å². The molecule has 7 nitrogen and oxygen atoms in total. The lowest BCUT2D eigenvalue weighted by atomic mass is 10.3. The van der Waals surface area contributed by atoms with Gasteiger partial charge in [0.25, 0.3) is 5.91 Å². The molecule has 0 saturated heterocycles. The molecule has 0 atom stereocenters. The number of unbranched alkanes of at least 4 members (excludes halogenated alkanes) is 1. The van der Waals surface area contributed by atoms with Crippen molar-refractivity contribution < 1.29 is 9.21 Å². The topological polar surface area (TPSA) is 85.0 Å². The van der Waals surface area contributed by atoms with Gasteiger partial charge in [-0.05, 0) is 37.1 Å². The minimum atomic E-state index is -0.180. The van der Waals surface area contributed by atoms with Crippen molar-refractivity contribution in [1.29, 1.82) is 0 Å². The minimum absolute atomic E-state index is 0.180. The van der Waals surface area contributed by atoms with Crippen molar-refractivity contribution in [2.24, 2.45) is 7.05 Å². The molecule has 0 aromatic carbocycles. The van der Waals surface area contributed by atoms with E-state index in [4.69, 9.17) is 4.42 Å². The van der Waals surface area contributed by atoms with Crippen molar-refractivity contribution in [3.8, 4) is 0 Å². The van der Waals surface area contributed by atoms with Gasteiger partial charge in [-0.3, -0.25) is 4.79 Å². The molecule has 0 spiro atoms. The average Bonchev–Trinajstić information content (AvgIpc) is 3.32. The number of carbonyl (C=O) groups is 1. The molecule has 0 unspecified atom stereocenters. The molecule has 3 heterocycles. The lowest BCUT2D eigenvalue weighted by Crippen LogP contribution is -2.24. The van der Waals surface area contributed by atoms with Crippen LogP contribution in [0.25, 0.3) is 0 Å². The summed E-state index contributed by atoms with van der Waals surface area (Å²) in [7, 11) is 1.95. The molecule has 2 N–H and O–H groups in total. The van der Waals surface area contributed by atoms with Gasteiger partial charge in [0.15, 0.2) is 10.9 Å². The first-order chi connectivity index (χ1) is 13.2. The molecule has 0 bridgehead atoms. The summed E-state index contributed by atoms with van der Waals surface area (Å²) >= 11 is 1.57. The molecule has 1 amide bonds. The molecule has 3 aromatic rings. The Bertz CT molecular complexity index is 847. The maximum absolute atomic E-state index is 12.1. The Morgan fingerprint density at radius 3 is 2.81 bits per heavy atom. The number of pyridine rings is 1. The van der Waals surface area contributed by atoms with Gasteiger partial charge in [0.05, 0.1) is 5.75 Å². The minimum Gasteiger partial charge on any atom is -0.455 e. The van der Waals surface area contributed by atoms with E-state index in [0.29, 0.717) is 18.1 Å². The van der Waals surface area contributed by atoms with Gasteiger partial charge >= 0.3 is 0 Å². The van der Waals surface area contributed by atoms with Crippen molar-refractivity contribution in [3.63, 3.8) is 0 Å². The van der Waals surface area contributed by atoms with Gasteiger partial charge in [0.2, 0.25) is 0 Å². The highest BCUT2D eigenvalue weighted by atomic mass is 32.2. The first kappa shape index (κ1) is 19.0. The number of anilines is 1. The number of furan rings is 1. The molecule has 0 fully saturated rings. The number of carbonyl (C=O) groups excluding carboxylic acids is 1. The molecule has 0 saturated carbocycles. The smallest absolute Gasteiger partial charge is 0.286 e. The van der Waals surface area contributed by atoms with E-state index >= 15 is 0 Å². The fraction of sp³-hybridized carbons (Fsp3) is 0.316. The standard InChI is InChI=1S/C19H23N5O2S/c1-24-13-12-23-19(24)27-14-15-7-8-16(26-15)18(25)22-11-5-4-10-21-17-6-2-3-9-20-17/h2-3,6-9,12-13H,4-5,10-11,14H2,1H3,(H,20,21)(H,22,25). The Balaban J connectivity index is 1.32. The Morgan fingerprint density at radius 2 is 2.04 bits per heavy atom. The Kier molecular flexibility index (Phi) is 6.92. The maximum atomic E-state index is 12.1. The Morgan fingerprint density at radius 1 is 1.15 bits per heavy atom. The van der Waals surface area contributed by atoms with Gasteiger partial charge in [-0.1, -0.05) is 17.8 Å². The largest absolute Gasteiger partial charge is 0.455 e. The quantitative estimate of drug-likeness (QED) is 0.411. The lowest BCUT2D eigenvalue weighted by Gasteiger charge is -2.06. The van der Waals surface area contributed by atoms with Gasteiger partial charge in [-0.25, -0.2) is 9.97 Å². The molecule has 3 rings (SSSR count). The van der Waals surface area contributed by atoms with Gasteiger partial charge in [-0.15, -0.1) is 0 Å². The molecule has 0 radical (unpaired) electrons. The Labute approximate surface area is 162 Å². The highest BCUT2D eigenvalue weighted by Gasteiger charge is 2.11. The zero-order chi connectivity index (χ0) is 18.9. The highest BCUT2D eigenvalue weighted by molar-refractivity contribution is 7.98. The summed E-state index contributed by atoms with van der Waals surface area (Å²) in [5.74, 6) is 2.43. The number of nitrogens with zero attached hydrogens (tertiary/aromatic N) is 3. The van der Waals surface area contributed by atoms with Gasteiger partial charge < -0.3 is 19.6 Å². The number of aromatic nitrogens is 3. The number of imidazole rings is 1. The third-order valence-electron chi connectivity index (χ3n) is 3.87. The van der Waals surface area contributed by atoms with Crippen LogP contribution in [0, 0.1) is 0 Å². The van der Waals surface area contributed by atoms with Crippen LogP contribution in [0.1, 0.15) is 29.2 Å². The molecule has 27 heavy (non-hydrogen) atoms. The van der Waals surface area contributed by atoms with Crippen LogP contribution in [0.15, 0.2) is 58.5 Å². The predicted octanol–water partition coefficient (Wildman–Crippen LogP) is 3.32. The third-order valence-corrected chi connectivity index (χ3v) is 4.95. The van der Waals surface area contributed by atoms with Crippen LogP contribution in [0.2, 0.25) is 0 Å². The fourth-order valence-electron chi connectivity index (χ4n) is 2.43. The second kappa shape index (κ2) is 9.82. The molecule has 142 valence electrons. The Hall–Kier alpha value is -2.74. The van der Waals surface area contributed by atoms with Crippen molar-refractivity contribution in [2.75, 3.05) is 18.4 Å². The zero-order valence-corrected chi connectivity index (χ0v) is 16.0. The van der Waals surface area contributed by atoms with Crippen LogP contribution in [0.5, 0.6) is 0 Å². The van der Waals surface area contributed by atoms with E-state index in [9.17, 15) is 4.79 Å². The third kappa shape index (κ3) is 5.89. The van der Waals surface area contributed by atoms with E-state index in [1.54, 1.807) is 30.2 Å². The summed E-state index contributed by atoms with van der Waals surface area (Å²) < 4.78 is 7.58. The second-order valence-electron chi connectivity index (χ2n) is 5.98. The number of thioether (sulfide) groups is 1. The molecule has 8 heteroatoms. The molecular weight excluding hydrogens is 362 g/mol. The summed E-state index contributed by atoms with van der Waals surface area (Å²) in [6.07, 6.45) is 7.24. The summed E-state index contributed by atoms with van der Waals surface area (Å²) in [5.41, 5.74) is 0. The molecule has 0 aliphatic heterocycles. The maximum Gasteiger partial charge on any atom is 0.286 e. The summed E-state index contributed by atoms with van der Waals surface area (Å²) in [4.78, 5) is 20.6. The number of hydrogen-bond acceptors (Lipinski definition) is 6. The van der Waals surface area contributed by atoms with Crippen LogP contribution in [0.4, 0.5) is 5.82 Å². The van der Waals surface area contributed by atoms with E-state index in [0.717, 1.165) is 36.1 Å². The first-order valence-corrected chi connectivity index (χ1v) is 9.83. The normalized spacial score (nSPS) is 10.7. The lowest BCUT2D eigenvalue weighted by molar-refractivity contribution is 0.0924. The van der Waals surface area contributed by atoms with Crippen LogP contribution < -0.4 is 10.6 Å². The SMILES string of the molecule is Cn1ccnc1SCc1ccc(C(=O)NCCCCNc2ccccn2)o1. The number of nitrogens with one attached hydrogen (secondary N) is 2. The highest BCUT2D eigenvalue weighted by Crippen LogP contribution is 2.21. The van der Waals surface area contributed by atoms with E-state index in [1.807, 2.05) is 42.1 Å². The zero-order valence-electron chi connectivity index (χ0n) is 15.2. The number of rotatable bonds is 10. The van der Waals surface area contributed by atoms with Crippen molar-refractivity contribution in [2.45, 2.75) is 23.8 Å². The summed E-state index contributed by atoms with van der Waals surface area (Å²) in [6.45, 7) is 1.43. The number of aryl methyl sites for hydroxylation is 1. The van der Waals surface area contributed by atoms with E-state index in [2.05, 4.69) is 20.6 Å². The fourth-order valence-corrected chi connectivity index (χ4v) is 3.25. The molecular formula is C19H23N5O2S. The second-order valence-corrected chi connectivity index (χ2v) is 6.92. The molecule has 3 aromatic heterocycles. The first-order valence-electron chi connectivity index (χ1n) is 8.84. The van der Waals surface area contributed by atoms with Crippen LogP contribution in [-0.4, -0.2) is 33.5 Å². The monoisotopic (exact) mass is 385 g/mol. The van der Waals surface area contributed by atoms with E-state index < -0.39 is 0 Å². The van der Waals surface area contributed by atoms with Crippen LogP contribution in [0.3, 0.4) is 0 Å². The molecule has 0 aliphatic carbocycles. The van der Waals surface area contributed by atoms with Gasteiger partial charge in [0.1, 0.15) is 11.6 Å². The number of amides is 1. The molecule has 0 aliphatic rings. The van der Waals surface area contributed by atoms with Gasteiger partial charge in [0, 0.05) is 38.7 Å². The van der Waals surface area contributed by atoms with Gasteiger partial charge in [-0.2, -0.15) is 0 Å². The summed E-state index contributed by atoms with van der Waals surface area (Å²) in [6, 6.07) is 9.32. The number of hydrogen-bond donors (Lipinski definition) is 2. The van der Waals surface area contributed by atoms with Crippen LogP contribution >= 0.6 is 11.8 Å². The van der Waals surface area contributed by atoms with Crippen molar-refractivity contribution in [3.05, 3.63) is 60.4 Å². The van der Waals surface area contributed by atoms with E-state index in [-0.39, 0.29) is 5.91 Å². The van der Waals surface area contributed by atoms with Crippen molar-refractivity contribution >= 4 is 23.5 Å². The average molecular weight is 385 g/mol. The van der Waals surface area contributed by atoms with Crippen molar-refractivity contribution in [1.82, 2.24) is 19.9 Å².